The molecule has 2 rings (SSSR count). The van der Waals surface area contributed by atoms with Gasteiger partial charge in [-0.15, -0.1) is 0 Å². The van der Waals surface area contributed by atoms with Crippen LogP contribution in [0.5, 0.6) is 0 Å². The molecule has 1 fully saturated rings. The first-order valence-electron chi connectivity index (χ1n) is 9.15. The van der Waals surface area contributed by atoms with Gasteiger partial charge in [0.25, 0.3) is 0 Å². The van der Waals surface area contributed by atoms with Gasteiger partial charge in [-0.2, -0.15) is 0 Å². The second-order valence-electron chi connectivity index (χ2n) is 6.54. The lowest BCUT2D eigenvalue weighted by Crippen LogP contribution is -2.43. The minimum atomic E-state index is 0.151. The van der Waals surface area contributed by atoms with Crippen LogP contribution < -0.4 is 10.6 Å². The zero-order valence-corrected chi connectivity index (χ0v) is 15.4. The van der Waals surface area contributed by atoms with Gasteiger partial charge in [0, 0.05) is 19.6 Å². The molecule has 0 bridgehead atoms. The molecule has 136 valence electrons. The van der Waals surface area contributed by atoms with E-state index >= 15 is 0 Å². The number of likely N-dealkylation sites (tertiary alicyclic amines) is 1. The van der Waals surface area contributed by atoms with Crippen molar-refractivity contribution in [2.24, 2.45) is 4.99 Å². The number of hydrogen-bond acceptors (Lipinski definition) is 4. The predicted molar refractivity (Wildman–Crippen MR) is 99.4 cm³/mol. The van der Waals surface area contributed by atoms with Crippen LogP contribution in [0.1, 0.15) is 38.0 Å². The number of rotatable bonds is 8. The molecule has 2 N–H and O–H groups in total. The average molecular weight is 335 g/mol. The molecule has 6 nitrogen and oxygen atoms in total. The van der Waals surface area contributed by atoms with E-state index in [2.05, 4.69) is 41.5 Å². The molecule has 1 aromatic heterocycles. The normalized spacial score (nSPS) is 17.9. The molecule has 24 heavy (non-hydrogen) atoms. The highest BCUT2D eigenvalue weighted by Crippen LogP contribution is 2.18. The lowest BCUT2D eigenvalue weighted by molar-refractivity contribution is 0.232. The summed E-state index contributed by atoms with van der Waals surface area (Å²) in [5, 5.41) is 6.79. The number of likely N-dealkylation sites (N-methyl/N-ethyl adjacent to an activating group) is 1. The zero-order valence-electron chi connectivity index (χ0n) is 15.4. The van der Waals surface area contributed by atoms with Crippen molar-refractivity contribution in [3.63, 3.8) is 0 Å². The molecular formula is C18H33N5O. The highest BCUT2D eigenvalue weighted by atomic mass is 16.3. The fourth-order valence-electron chi connectivity index (χ4n) is 3.02. The van der Waals surface area contributed by atoms with Crippen LogP contribution in [0.25, 0.3) is 0 Å². The third-order valence-electron chi connectivity index (χ3n) is 4.43. The van der Waals surface area contributed by atoms with Gasteiger partial charge in [0.05, 0.1) is 18.8 Å². The van der Waals surface area contributed by atoms with Gasteiger partial charge in [0.2, 0.25) is 0 Å². The molecule has 1 aliphatic rings. The van der Waals surface area contributed by atoms with E-state index in [4.69, 9.17) is 9.41 Å². The number of nitrogens with one attached hydrogen (secondary N) is 2. The molecular weight excluding hydrogens is 302 g/mol. The molecule has 2 heterocycles. The first kappa shape index (κ1) is 18.8. The Balaban J connectivity index is 1.84. The topological polar surface area (TPSA) is 56.0 Å². The number of aliphatic imine (C=N–C) groups is 1. The summed E-state index contributed by atoms with van der Waals surface area (Å²) in [5.41, 5.74) is 0. The van der Waals surface area contributed by atoms with Crippen molar-refractivity contribution >= 4 is 5.96 Å². The number of nitrogens with zero attached hydrogens (tertiary/aromatic N) is 3. The van der Waals surface area contributed by atoms with E-state index in [9.17, 15) is 0 Å². The predicted octanol–water partition coefficient (Wildman–Crippen LogP) is 1.92. The first-order chi connectivity index (χ1) is 11.7. The maximum absolute atomic E-state index is 5.55. The van der Waals surface area contributed by atoms with E-state index in [-0.39, 0.29) is 6.04 Å². The maximum atomic E-state index is 5.55. The summed E-state index contributed by atoms with van der Waals surface area (Å²) in [4.78, 5) is 9.42. The summed E-state index contributed by atoms with van der Waals surface area (Å²) in [6, 6.07) is 4.09. The van der Waals surface area contributed by atoms with Gasteiger partial charge in [-0.05, 0) is 59.1 Å². The second-order valence-corrected chi connectivity index (χ2v) is 6.54. The Morgan fingerprint density at radius 1 is 1.29 bits per heavy atom. The lowest BCUT2D eigenvalue weighted by Gasteiger charge is -2.26. The second kappa shape index (κ2) is 10.4. The van der Waals surface area contributed by atoms with Crippen LogP contribution in [-0.2, 0) is 0 Å². The van der Waals surface area contributed by atoms with Crippen LogP contribution in [-0.4, -0.2) is 69.1 Å². The van der Waals surface area contributed by atoms with Crippen molar-refractivity contribution in [3.8, 4) is 0 Å². The fourth-order valence-corrected chi connectivity index (χ4v) is 3.02. The summed E-state index contributed by atoms with van der Waals surface area (Å²) in [5.74, 6) is 1.83. The summed E-state index contributed by atoms with van der Waals surface area (Å²) < 4.78 is 5.55. The van der Waals surface area contributed by atoms with Gasteiger partial charge in [0.1, 0.15) is 5.76 Å². The highest BCUT2D eigenvalue weighted by Gasteiger charge is 2.16. The summed E-state index contributed by atoms with van der Waals surface area (Å²) in [6.07, 6.45) is 5.77. The highest BCUT2D eigenvalue weighted by molar-refractivity contribution is 5.79. The van der Waals surface area contributed by atoms with Crippen LogP contribution in [0.15, 0.2) is 27.8 Å². The Hall–Kier alpha value is -1.53. The van der Waals surface area contributed by atoms with Crippen LogP contribution in [0.2, 0.25) is 0 Å². The largest absolute Gasteiger partial charge is 0.468 e. The van der Waals surface area contributed by atoms with E-state index in [0.29, 0.717) is 6.54 Å². The van der Waals surface area contributed by atoms with E-state index in [1.54, 1.807) is 6.26 Å². The van der Waals surface area contributed by atoms with Crippen molar-refractivity contribution in [3.05, 3.63) is 24.2 Å². The third kappa shape index (κ3) is 6.17. The third-order valence-corrected chi connectivity index (χ3v) is 4.43. The van der Waals surface area contributed by atoms with Crippen molar-refractivity contribution in [1.29, 1.82) is 0 Å². The molecule has 6 heteroatoms. The summed E-state index contributed by atoms with van der Waals surface area (Å²) in [7, 11) is 4.11. The molecule has 0 saturated carbocycles. The molecule has 1 aromatic rings. The van der Waals surface area contributed by atoms with Crippen LogP contribution in [0.3, 0.4) is 0 Å². The molecule has 0 amide bonds. The Labute approximate surface area is 146 Å². The molecule has 0 radical (unpaired) electrons. The standard InChI is InChI=1S/C18H33N5O/c1-4-19-18(20-10-13-23-11-6-5-7-12-23)21-15-16(22(2)3)17-9-8-14-24-17/h8-9,14,16H,4-7,10-13,15H2,1-3H3,(H2,19,20,21). The molecule has 0 aliphatic carbocycles. The Kier molecular flexibility index (Phi) is 8.12. The number of piperidine rings is 1. The van der Waals surface area contributed by atoms with Crippen molar-refractivity contribution in [1.82, 2.24) is 20.4 Å². The Morgan fingerprint density at radius 2 is 2.08 bits per heavy atom. The minimum Gasteiger partial charge on any atom is -0.468 e. The van der Waals surface area contributed by atoms with Crippen molar-refractivity contribution < 1.29 is 4.42 Å². The van der Waals surface area contributed by atoms with Gasteiger partial charge < -0.3 is 20.0 Å². The molecule has 0 aromatic carbocycles. The van der Waals surface area contributed by atoms with E-state index < -0.39 is 0 Å². The maximum Gasteiger partial charge on any atom is 0.191 e. The quantitative estimate of drug-likeness (QED) is 0.561. The molecule has 1 unspecified atom stereocenters. The number of guanidine groups is 1. The monoisotopic (exact) mass is 335 g/mol. The summed E-state index contributed by atoms with van der Waals surface area (Å²) in [6.45, 7) is 8.10. The van der Waals surface area contributed by atoms with Gasteiger partial charge in [-0.3, -0.25) is 9.89 Å². The van der Waals surface area contributed by atoms with E-state index in [1.807, 2.05) is 12.1 Å². The number of hydrogen-bond donors (Lipinski definition) is 2. The van der Waals surface area contributed by atoms with Crippen LogP contribution >= 0.6 is 0 Å². The summed E-state index contributed by atoms with van der Waals surface area (Å²) >= 11 is 0. The van der Waals surface area contributed by atoms with E-state index in [0.717, 1.165) is 31.4 Å². The molecule has 1 atom stereocenters. The van der Waals surface area contributed by atoms with Gasteiger partial charge in [-0.25, -0.2) is 0 Å². The lowest BCUT2D eigenvalue weighted by atomic mass is 10.1. The minimum absolute atomic E-state index is 0.151. The van der Waals surface area contributed by atoms with Gasteiger partial charge >= 0.3 is 0 Å². The SMILES string of the molecule is CCNC(=NCC(c1ccco1)N(C)C)NCCN1CCCCC1. The molecule has 0 spiro atoms. The molecule has 1 aliphatic heterocycles. The number of furan rings is 1. The first-order valence-corrected chi connectivity index (χ1v) is 9.15. The smallest absolute Gasteiger partial charge is 0.191 e. The molecule has 1 saturated heterocycles. The average Bonchev–Trinajstić information content (AvgIpc) is 3.10. The Morgan fingerprint density at radius 3 is 2.71 bits per heavy atom. The van der Waals surface area contributed by atoms with Crippen LogP contribution in [0.4, 0.5) is 0 Å². The van der Waals surface area contributed by atoms with Gasteiger partial charge in [-0.1, -0.05) is 6.42 Å². The van der Waals surface area contributed by atoms with Crippen molar-refractivity contribution in [2.45, 2.75) is 32.2 Å². The van der Waals surface area contributed by atoms with E-state index in [1.165, 1.54) is 32.4 Å². The van der Waals surface area contributed by atoms with Crippen molar-refractivity contribution in [2.75, 3.05) is 53.4 Å². The zero-order chi connectivity index (χ0) is 17.2. The Bertz CT molecular complexity index is 466. The van der Waals surface area contributed by atoms with Gasteiger partial charge in [0.15, 0.2) is 5.96 Å². The van der Waals surface area contributed by atoms with Crippen LogP contribution in [0, 0.1) is 0 Å². The fraction of sp³-hybridized carbons (Fsp3) is 0.722.